The average Bonchev–Trinajstić information content (AvgIpc) is 2.85. The molecule has 0 aliphatic carbocycles. The van der Waals surface area contributed by atoms with E-state index in [0.29, 0.717) is 12.4 Å². The largest absolute Gasteiger partial charge is 0.381 e. The standard InChI is InChI=1S/C15H20O3S/c1-11-9-19-10-13(11)14(16)12-2-5-18-15(8-12)3-6-17-7-4-15/h9-10,12H,2-8H2,1H3. The van der Waals surface area contributed by atoms with Gasteiger partial charge < -0.3 is 9.47 Å². The maximum absolute atomic E-state index is 12.6. The molecular weight excluding hydrogens is 260 g/mol. The van der Waals surface area contributed by atoms with Crippen molar-refractivity contribution in [1.29, 1.82) is 0 Å². The summed E-state index contributed by atoms with van der Waals surface area (Å²) in [7, 11) is 0. The van der Waals surface area contributed by atoms with Gasteiger partial charge in [0.2, 0.25) is 0 Å². The van der Waals surface area contributed by atoms with E-state index in [1.807, 2.05) is 12.3 Å². The van der Waals surface area contributed by atoms with E-state index in [1.54, 1.807) is 11.3 Å². The fraction of sp³-hybridized carbons (Fsp3) is 0.667. The van der Waals surface area contributed by atoms with Gasteiger partial charge in [0, 0.05) is 36.7 Å². The molecule has 0 N–H and O–H groups in total. The molecule has 0 amide bonds. The third kappa shape index (κ3) is 2.62. The third-order valence-corrected chi connectivity index (χ3v) is 5.25. The predicted octanol–water partition coefficient (Wildman–Crippen LogP) is 3.22. The molecule has 19 heavy (non-hydrogen) atoms. The van der Waals surface area contributed by atoms with Gasteiger partial charge in [0.25, 0.3) is 0 Å². The fourth-order valence-electron chi connectivity index (χ4n) is 3.18. The lowest BCUT2D eigenvalue weighted by Crippen LogP contribution is -2.45. The lowest BCUT2D eigenvalue weighted by molar-refractivity contribution is -0.142. The highest BCUT2D eigenvalue weighted by atomic mass is 32.1. The van der Waals surface area contributed by atoms with Crippen LogP contribution in [0.25, 0.3) is 0 Å². The first-order chi connectivity index (χ1) is 9.20. The summed E-state index contributed by atoms with van der Waals surface area (Å²) in [4.78, 5) is 12.6. The molecule has 1 aromatic rings. The molecule has 0 radical (unpaired) electrons. The molecule has 3 heterocycles. The minimum atomic E-state index is -0.0965. The Kier molecular flexibility index (Phi) is 3.74. The number of carbonyl (C=O) groups is 1. The topological polar surface area (TPSA) is 35.5 Å². The van der Waals surface area contributed by atoms with Crippen molar-refractivity contribution in [3.63, 3.8) is 0 Å². The Balaban J connectivity index is 1.74. The van der Waals surface area contributed by atoms with Crippen LogP contribution in [0.3, 0.4) is 0 Å². The Bertz CT molecular complexity index is 454. The molecular formula is C15H20O3S. The van der Waals surface area contributed by atoms with Gasteiger partial charge in [0.05, 0.1) is 5.60 Å². The molecule has 1 atom stereocenters. The van der Waals surface area contributed by atoms with Crippen molar-refractivity contribution in [3.8, 4) is 0 Å². The van der Waals surface area contributed by atoms with Gasteiger partial charge in [-0.15, -0.1) is 0 Å². The number of ketones is 1. The molecule has 4 heteroatoms. The third-order valence-electron chi connectivity index (χ3n) is 4.39. The van der Waals surface area contributed by atoms with Gasteiger partial charge in [-0.25, -0.2) is 0 Å². The number of ether oxygens (including phenoxy) is 2. The summed E-state index contributed by atoms with van der Waals surface area (Å²) in [6.07, 6.45) is 3.58. The number of aryl methyl sites for hydroxylation is 1. The molecule has 1 spiro atoms. The normalized spacial score (nSPS) is 26.5. The van der Waals surface area contributed by atoms with Crippen LogP contribution in [-0.2, 0) is 9.47 Å². The van der Waals surface area contributed by atoms with Crippen LogP contribution in [0.2, 0.25) is 0 Å². The summed E-state index contributed by atoms with van der Waals surface area (Å²) in [6, 6.07) is 0. The molecule has 2 saturated heterocycles. The molecule has 2 aliphatic heterocycles. The van der Waals surface area contributed by atoms with E-state index in [2.05, 4.69) is 5.38 Å². The first-order valence-corrected chi connectivity index (χ1v) is 7.93. The number of hydrogen-bond donors (Lipinski definition) is 0. The van der Waals surface area contributed by atoms with E-state index in [4.69, 9.17) is 9.47 Å². The Morgan fingerprint density at radius 1 is 1.32 bits per heavy atom. The quantitative estimate of drug-likeness (QED) is 0.780. The van der Waals surface area contributed by atoms with Gasteiger partial charge in [-0.05, 0) is 43.6 Å². The molecule has 0 aromatic carbocycles. The molecule has 1 unspecified atom stereocenters. The van der Waals surface area contributed by atoms with Crippen molar-refractivity contribution >= 4 is 17.1 Å². The molecule has 3 rings (SSSR count). The first kappa shape index (κ1) is 13.3. The van der Waals surface area contributed by atoms with E-state index in [1.165, 1.54) is 0 Å². The van der Waals surface area contributed by atoms with Gasteiger partial charge in [-0.2, -0.15) is 11.3 Å². The summed E-state index contributed by atoms with van der Waals surface area (Å²) in [5, 5.41) is 4.04. The van der Waals surface area contributed by atoms with E-state index in [9.17, 15) is 4.79 Å². The van der Waals surface area contributed by atoms with Gasteiger partial charge in [0.15, 0.2) is 5.78 Å². The highest BCUT2D eigenvalue weighted by Gasteiger charge is 2.41. The maximum Gasteiger partial charge on any atom is 0.167 e. The predicted molar refractivity (Wildman–Crippen MR) is 74.8 cm³/mol. The van der Waals surface area contributed by atoms with Gasteiger partial charge in [-0.3, -0.25) is 4.79 Å². The molecule has 2 aliphatic rings. The van der Waals surface area contributed by atoms with Crippen LogP contribution in [0.5, 0.6) is 0 Å². The molecule has 0 saturated carbocycles. The number of Topliss-reactive ketones (excluding diaryl/α,β-unsaturated/α-hetero) is 1. The van der Waals surface area contributed by atoms with Gasteiger partial charge >= 0.3 is 0 Å². The van der Waals surface area contributed by atoms with E-state index in [-0.39, 0.29) is 11.5 Å². The molecule has 0 bridgehead atoms. The summed E-state index contributed by atoms with van der Waals surface area (Å²) in [5.74, 6) is 0.438. The smallest absolute Gasteiger partial charge is 0.167 e. The lowest BCUT2D eigenvalue weighted by Gasteiger charge is -2.42. The first-order valence-electron chi connectivity index (χ1n) is 6.99. The highest BCUT2D eigenvalue weighted by molar-refractivity contribution is 7.08. The second kappa shape index (κ2) is 5.35. The van der Waals surface area contributed by atoms with Crippen LogP contribution in [0.15, 0.2) is 10.8 Å². The van der Waals surface area contributed by atoms with Crippen LogP contribution in [-0.4, -0.2) is 31.2 Å². The molecule has 104 valence electrons. The van der Waals surface area contributed by atoms with Crippen molar-refractivity contribution in [3.05, 3.63) is 21.9 Å². The number of rotatable bonds is 2. The second-order valence-corrected chi connectivity index (χ2v) is 6.41. The Morgan fingerprint density at radius 3 is 2.79 bits per heavy atom. The summed E-state index contributed by atoms with van der Waals surface area (Å²) in [6.45, 7) is 4.25. The lowest BCUT2D eigenvalue weighted by atomic mass is 9.78. The van der Waals surface area contributed by atoms with Crippen LogP contribution >= 0.6 is 11.3 Å². The molecule has 1 aromatic heterocycles. The minimum absolute atomic E-state index is 0.0965. The maximum atomic E-state index is 12.6. The Morgan fingerprint density at radius 2 is 2.11 bits per heavy atom. The summed E-state index contributed by atoms with van der Waals surface area (Å²) >= 11 is 1.61. The van der Waals surface area contributed by atoms with Crippen LogP contribution in [0.1, 0.15) is 41.6 Å². The Hall–Kier alpha value is -0.710. The van der Waals surface area contributed by atoms with Crippen molar-refractivity contribution < 1.29 is 14.3 Å². The van der Waals surface area contributed by atoms with E-state index < -0.39 is 0 Å². The number of carbonyl (C=O) groups excluding carboxylic acids is 1. The zero-order valence-electron chi connectivity index (χ0n) is 11.3. The minimum Gasteiger partial charge on any atom is -0.381 e. The van der Waals surface area contributed by atoms with E-state index in [0.717, 1.165) is 50.0 Å². The zero-order chi connectivity index (χ0) is 13.3. The number of thiophene rings is 1. The molecule has 3 nitrogen and oxygen atoms in total. The average molecular weight is 280 g/mol. The monoisotopic (exact) mass is 280 g/mol. The summed E-state index contributed by atoms with van der Waals surface area (Å²) in [5.41, 5.74) is 1.93. The Labute approximate surface area is 117 Å². The molecule has 2 fully saturated rings. The SMILES string of the molecule is Cc1cscc1C(=O)C1CCOC2(CCOCC2)C1. The van der Waals surface area contributed by atoms with Crippen molar-refractivity contribution in [1.82, 2.24) is 0 Å². The van der Waals surface area contributed by atoms with Crippen LogP contribution in [0, 0.1) is 12.8 Å². The highest BCUT2D eigenvalue weighted by Crippen LogP contribution is 2.38. The van der Waals surface area contributed by atoms with Gasteiger partial charge in [0.1, 0.15) is 0 Å². The summed E-state index contributed by atoms with van der Waals surface area (Å²) < 4.78 is 11.4. The van der Waals surface area contributed by atoms with Crippen molar-refractivity contribution in [2.75, 3.05) is 19.8 Å². The van der Waals surface area contributed by atoms with Crippen LogP contribution < -0.4 is 0 Å². The van der Waals surface area contributed by atoms with E-state index >= 15 is 0 Å². The van der Waals surface area contributed by atoms with Crippen molar-refractivity contribution in [2.45, 2.75) is 38.2 Å². The zero-order valence-corrected chi connectivity index (χ0v) is 12.1. The van der Waals surface area contributed by atoms with Gasteiger partial charge in [-0.1, -0.05) is 0 Å². The number of hydrogen-bond acceptors (Lipinski definition) is 4. The second-order valence-electron chi connectivity index (χ2n) is 5.67. The fourth-order valence-corrected chi connectivity index (χ4v) is 4.01. The van der Waals surface area contributed by atoms with Crippen LogP contribution in [0.4, 0.5) is 0 Å². The van der Waals surface area contributed by atoms with Crippen molar-refractivity contribution in [2.24, 2.45) is 5.92 Å².